The highest BCUT2D eigenvalue weighted by molar-refractivity contribution is 7.87. The largest absolute Gasteiger partial charge is 0.445 e. The van der Waals surface area contributed by atoms with Gasteiger partial charge in [-0.25, -0.2) is 4.79 Å². The first-order valence-electron chi connectivity index (χ1n) is 6.52. The van der Waals surface area contributed by atoms with E-state index in [4.69, 9.17) is 10.5 Å². The molecule has 0 aliphatic rings. The van der Waals surface area contributed by atoms with Gasteiger partial charge in [-0.2, -0.15) is 8.42 Å². The maximum Gasteiger partial charge on any atom is 0.407 e. The molecule has 1 rings (SSSR count). The molecule has 0 bridgehead atoms. The van der Waals surface area contributed by atoms with E-state index < -0.39 is 27.9 Å². The van der Waals surface area contributed by atoms with Crippen molar-refractivity contribution in [3.63, 3.8) is 0 Å². The van der Waals surface area contributed by atoms with Crippen LogP contribution in [-0.4, -0.2) is 39.3 Å². The molecular formula is C13H18N2O6S. The molecule has 0 radical (unpaired) electrons. The molecule has 0 aliphatic heterocycles. The number of carbonyl (C=O) groups excluding carboxylic acids is 2. The molecule has 0 aliphatic carbocycles. The zero-order chi connectivity index (χ0) is 16.4. The molecule has 0 heterocycles. The van der Waals surface area contributed by atoms with Crippen molar-refractivity contribution in [2.75, 3.05) is 18.8 Å². The van der Waals surface area contributed by atoms with Crippen molar-refractivity contribution in [2.24, 2.45) is 5.73 Å². The minimum absolute atomic E-state index is 0.0927. The van der Waals surface area contributed by atoms with Crippen molar-refractivity contribution in [2.45, 2.75) is 13.0 Å². The van der Waals surface area contributed by atoms with Crippen LogP contribution in [0.25, 0.3) is 0 Å². The van der Waals surface area contributed by atoms with E-state index in [2.05, 4.69) is 9.50 Å². The number of amides is 1. The number of alkyl carbamates (subject to hydrolysis) is 1. The molecule has 0 fully saturated rings. The smallest absolute Gasteiger partial charge is 0.407 e. The fraction of sp³-hybridized carbons (Fsp3) is 0.385. The van der Waals surface area contributed by atoms with E-state index in [-0.39, 0.29) is 26.1 Å². The van der Waals surface area contributed by atoms with E-state index >= 15 is 0 Å². The number of benzene rings is 1. The van der Waals surface area contributed by atoms with E-state index in [0.717, 1.165) is 5.56 Å². The predicted molar refractivity (Wildman–Crippen MR) is 78.2 cm³/mol. The monoisotopic (exact) mass is 330 g/mol. The molecule has 8 nitrogen and oxygen atoms in total. The van der Waals surface area contributed by atoms with Gasteiger partial charge in [0.05, 0.1) is 12.2 Å². The molecule has 1 aromatic carbocycles. The summed E-state index contributed by atoms with van der Waals surface area (Å²) >= 11 is 0. The van der Waals surface area contributed by atoms with Gasteiger partial charge in [-0.3, -0.25) is 4.79 Å². The van der Waals surface area contributed by atoms with E-state index in [1.807, 2.05) is 18.2 Å². The lowest BCUT2D eigenvalue weighted by Gasteiger charge is -2.07. The number of ether oxygens (including phenoxy) is 1. The second kappa shape index (κ2) is 9.00. The summed E-state index contributed by atoms with van der Waals surface area (Å²) in [6.07, 6.45) is -0.994. The Kier molecular flexibility index (Phi) is 7.33. The summed E-state index contributed by atoms with van der Waals surface area (Å²) in [5, 5.41) is 2.32. The van der Waals surface area contributed by atoms with Crippen LogP contribution < -0.4 is 11.1 Å². The first-order valence-corrected chi connectivity index (χ1v) is 8.10. The highest BCUT2D eigenvalue weighted by atomic mass is 32.2. The summed E-state index contributed by atoms with van der Waals surface area (Å²) in [7, 11) is -3.95. The summed E-state index contributed by atoms with van der Waals surface area (Å²) in [4.78, 5) is 22.6. The Morgan fingerprint density at radius 1 is 1.18 bits per heavy atom. The summed E-state index contributed by atoms with van der Waals surface area (Å²) in [5.74, 6) is -1.40. The zero-order valence-corrected chi connectivity index (χ0v) is 12.7. The van der Waals surface area contributed by atoms with Crippen molar-refractivity contribution in [1.82, 2.24) is 5.32 Å². The molecule has 1 aromatic rings. The Labute approximate surface area is 128 Å². The molecular weight excluding hydrogens is 312 g/mol. The molecule has 0 saturated carbocycles. The Morgan fingerprint density at radius 3 is 2.50 bits per heavy atom. The predicted octanol–water partition coefficient (Wildman–Crippen LogP) is 0.135. The lowest BCUT2D eigenvalue weighted by Crippen LogP contribution is -2.28. The van der Waals surface area contributed by atoms with Crippen LogP contribution >= 0.6 is 0 Å². The van der Waals surface area contributed by atoms with Crippen LogP contribution in [0.4, 0.5) is 4.79 Å². The maximum atomic E-state index is 11.4. The van der Waals surface area contributed by atoms with Crippen molar-refractivity contribution in [3.8, 4) is 0 Å². The first kappa shape index (κ1) is 17.9. The van der Waals surface area contributed by atoms with Crippen LogP contribution in [0.5, 0.6) is 0 Å². The van der Waals surface area contributed by atoms with Crippen molar-refractivity contribution in [1.29, 1.82) is 0 Å². The van der Waals surface area contributed by atoms with Gasteiger partial charge in [0, 0.05) is 13.1 Å². The molecule has 22 heavy (non-hydrogen) atoms. The van der Waals surface area contributed by atoms with E-state index in [1.165, 1.54) is 0 Å². The van der Waals surface area contributed by atoms with Crippen molar-refractivity contribution < 1.29 is 26.9 Å². The fourth-order valence-electron chi connectivity index (χ4n) is 1.41. The number of nitrogens with one attached hydrogen (secondary N) is 1. The number of hydrogen-bond acceptors (Lipinski definition) is 7. The zero-order valence-electron chi connectivity index (χ0n) is 11.9. The normalized spacial score (nSPS) is 10.8. The SMILES string of the molecule is NCCS(=O)(=O)OC(=O)CCNC(=O)OCc1ccccc1. The highest BCUT2D eigenvalue weighted by Gasteiger charge is 2.16. The third-order valence-electron chi connectivity index (χ3n) is 2.40. The van der Waals surface area contributed by atoms with Crippen LogP contribution in [0, 0.1) is 0 Å². The van der Waals surface area contributed by atoms with Gasteiger partial charge in [-0.05, 0) is 5.56 Å². The Balaban J connectivity index is 2.21. The molecule has 0 atom stereocenters. The second-order valence-corrected chi connectivity index (χ2v) is 5.93. The summed E-state index contributed by atoms with van der Waals surface area (Å²) < 4.78 is 31.5. The highest BCUT2D eigenvalue weighted by Crippen LogP contribution is 2.00. The van der Waals surface area contributed by atoms with Gasteiger partial charge in [0.2, 0.25) is 0 Å². The summed E-state index contributed by atoms with van der Waals surface area (Å²) in [6.45, 7) is -0.133. The Bertz CT molecular complexity index is 588. The van der Waals surface area contributed by atoms with Gasteiger partial charge in [-0.15, -0.1) is 0 Å². The Hall–Kier alpha value is -2.13. The summed E-state index contributed by atoms with van der Waals surface area (Å²) in [6, 6.07) is 9.07. The third-order valence-corrected chi connectivity index (χ3v) is 3.57. The van der Waals surface area contributed by atoms with Gasteiger partial charge in [-0.1, -0.05) is 30.3 Å². The van der Waals surface area contributed by atoms with Crippen LogP contribution in [0.1, 0.15) is 12.0 Å². The van der Waals surface area contributed by atoms with Gasteiger partial charge in [0.15, 0.2) is 0 Å². The quantitative estimate of drug-likeness (QED) is 0.649. The first-order chi connectivity index (χ1) is 10.4. The summed E-state index contributed by atoms with van der Waals surface area (Å²) in [5.41, 5.74) is 5.89. The third kappa shape index (κ3) is 7.60. The molecule has 0 spiro atoms. The molecule has 0 saturated heterocycles. The Morgan fingerprint density at radius 2 is 1.86 bits per heavy atom. The van der Waals surface area contributed by atoms with E-state index in [0.29, 0.717) is 0 Å². The number of carbonyl (C=O) groups is 2. The maximum absolute atomic E-state index is 11.4. The molecule has 3 N–H and O–H groups in total. The van der Waals surface area contributed by atoms with Crippen molar-refractivity contribution >= 4 is 22.2 Å². The minimum atomic E-state index is -3.95. The minimum Gasteiger partial charge on any atom is -0.445 e. The van der Waals surface area contributed by atoms with Gasteiger partial charge in [0.25, 0.3) is 0 Å². The number of hydrogen-bond donors (Lipinski definition) is 2. The molecule has 9 heteroatoms. The van der Waals surface area contributed by atoms with Gasteiger partial charge >= 0.3 is 22.2 Å². The average molecular weight is 330 g/mol. The molecule has 0 aromatic heterocycles. The van der Waals surface area contributed by atoms with E-state index in [1.54, 1.807) is 12.1 Å². The lowest BCUT2D eigenvalue weighted by atomic mass is 10.2. The molecule has 1 amide bonds. The van der Waals surface area contributed by atoms with Crippen LogP contribution in [0.3, 0.4) is 0 Å². The van der Waals surface area contributed by atoms with Crippen LogP contribution in [0.2, 0.25) is 0 Å². The lowest BCUT2D eigenvalue weighted by molar-refractivity contribution is -0.133. The van der Waals surface area contributed by atoms with Gasteiger partial charge in [0.1, 0.15) is 6.61 Å². The van der Waals surface area contributed by atoms with Crippen molar-refractivity contribution in [3.05, 3.63) is 35.9 Å². The van der Waals surface area contributed by atoms with Crippen LogP contribution in [0.15, 0.2) is 30.3 Å². The van der Waals surface area contributed by atoms with Crippen LogP contribution in [-0.2, 0) is 30.4 Å². The van der Waals surface area contributed by atoms with E-state index in [9.17, 15) is 18.0 Å². The standard InChI is InChI=1S/C13H18N2O6S/c14-7-9-22(18,19)21-12(16)6-8-15-13(17)20-10-11-4-2-1-3-5-11/h1-5H,6-10,14H2,(H,15,17). The average Bonchev–Trinajstić information content (AvgIpc) is 2.45. The number of nitrogens with two attached hydrogens (primary N) is 1. The fourth-order valence-corrected chi connectivity index (χ4v) is 2.15. The topological polar surface area (TPSA) is 125 Å². The molecule has 122 valence electrons. The number of rotatable bonds is 8. The van der Waals surface area contributed by atoms with Gasteiger partial charge < -0.3 is 20.0 Å². The second-order valence-electron chi connectivity index (χ2n) is 4.24. The molecule has 0 unspecified atom stereocenters.